The van der Waals surface area contributed by atoms with Crippen LogP contribution in [0.5, 0.6) is 0 Å². The van der Waals surface area contributed by atoms with Crippen molar-refractivity contribution in [2.45, 2.75) is 46.1 Å². The summed E-state index contributed by atoms with van der Waals surface area (Å²) in [5.41, 5.74) is -0.902. The van der Waals surface area contributed by atoms with Gasteiger partial charge in [-0.25, -0.2) is 0 Å². The van der Waals surface area contributed by atoms with Gasteiger partial charge in [-0.3, -0.25) is 4.79 Å². The number of rotatable bonds is 5. The molecule has 2 unspecified atom stereocenters. The maximum Gasteiger partial charge on any atom is 0.310 e. The van der Waals surface area contributed by atoms with Gasteiger partial charge in [0.1, 0.15) is 6.10 Å². The number of aliphatic carboxylic acids is 1. The van der Waals surface area contributed by atoms with Gasteiger partial charge >= 0.3 is 5.97 Å². The van der Waals surface area contributed by atoms with Crippen molar-refractivity contribution in [2.24, 2.45) is 11.3 Å². The molecule has 6 heteroatoms. The molecule has 1 aliphatic heterocycles. The molecule has 2 rings (SSSR count). The zero-order chi connectivity index (χ0) is 14.0. The van der Waals surface area contributed by atoms with Crippen molar-refractivity contribution in [3.8, 4) is 0 Å². The molecular formula is C13H20N2O4. The third kappa shape index (κ3) is 2.78. The van der Waals surface area contributed by atoms with Crippen LogP contribution in [0.2, 0.25) is 0 Å². The fourth-order valence-electron chi connectivity index (χ4n) is 2.09. The van der Waals surface area contributed by atoms with Crippen molar-refractivity contribution in [1.82, 2.24) is 10.1 Å². The Morgan fingerprint density at radius 3 is 2.84 bits per heavy atom. The Morgan fingerprint density at radius 2 is 2.32 bits per heavy atom. The smallest absolute Gasteiger partial charge is 0.310 e. The van der Waals surface area contributed by atoms with Crippen LogP contribution in [-0.4, -0.2) is 27.8 Å². The van der Waals surface area contributed by atoms with Crippen molar-refractivity contribution in [1.29, 1.82) is 0 Å². The molecule has 106 valence electrons. The predicted molar refractivity (Wildman–Crippen MR) is 66.5 cm³/mol. The maximum absolute atomic E-state index is 11.4. The fraction of sp³-hybridized carbons (Fsp3) is 0.769. The third-order valence-corrected chi connectivity index (χ3v) is 3.98. The standard InChI is InChI=1S/C13H20N2O4/c1-8(2)13(3,12(16)17)7-10-14-11(15-19-10)9-5-4-6-18-9/h8-9H,4-7H2,1-3H3,(H,16,17). The van der Waals surface area contributed by atoms with E-state index < -0.39 is 11.4 Å². The first-order valence-electron chi connectivity index (χ1n) is 6.61. The molecule has 6 nitrogen and oxygen atoms in total. The second-order valence-electron chi connectivity index (χ2n) is 5.60. The van der Waals surface area contributed by atoms with Crippen molar-refractivity contribution in [3.05, 3.63) is 11.7 Å². The van der Waals surface area contributed by atoms with Crippen LogP contribution in [0.25, 0.3) is 0 Å². The van der Waals surface area contributed by atoms with E-state index in [4.69, 9.17) is 9.26 Å². The first kappa shape index (κ1) is 14.0. The zero-order valence-corrected chi connectivity index (χ0v) is 11.5. The SMILES string of the molecule is CC(C)C(C)(Cc1nc(C2CCCO2)no1)C(=O)O. The number of carboxylic acid groups (broad SMARTS) is 1. The Labute approximate surface area is 112 Å². The van der Waals surface area contributed by atoms with Gasteiger partial charge in [-0.05, 0) is 25.7 Å². The number of carbonyl (C=O) groups is 1. The summed E-state index contributed by atoms with van der Waals surface area (Å²) < 4.78 is 10.6. The van der Waals surface area contributed by atoms with Gasteiger partial charge in [0.05, 0.1) is 5.41 Å². The molecule has 0 aliphatic carbocycles. The van der Waals surface area contributed by atoms with E-state index in [1.165, 1.54) is 0 Å². The number of nitrogens with zero attached hydrogens (tertiary/aromatic N) is 2. The molecule has 2 heterocycles. The van der Waals surface area contributed by atoms with Crippen LogP contribution in [0.4, 0.5) is 0 Å². The summed E-state index contributed by atoms with van der Waals surface area (Å²) in [5, 5.41) is 13.3. The molecule has 0 spiro atoms. The van der Waals surface area contributed by atoms with Crippen LogP contribution in [0.15, 0.2) is 4.52 Å². The number of ether oxygens (including phenoxy) is 1. The molecule has 2 atom stereocenters. The van der Waals surface area contributed by atoms with E-state index in [-0.39, 0.29) is 18.4 Å². The summed E-state index contributed by atoms with van der Waals surface area (Å²) in [5.74, 6) is 0.0236. The Morgan fingerprint density at radius 1 is 1.58 bits per heavy atom. The van der Waals surface area contributed by atoms with Crippen molar-refractivity contribution in [2.75, 3.05) is 6.61 Å². The monoisotopic (exact) mass is 268 g/mol. The van der Waals surface area contributed by atoms with Crippen LogP contribution in [0, 0.1) is 11.3 Å². The minimum atomic E-state index is -0.902. The molecule has 0 radical (unpaired) electrons. The average molecular weight is 268 g/mol. The quantitative estimate of drug-likeness (QED) is 0.881. The Hall–Kier alpha value is -1.43. The van der Waals surface area contributed by atoms with E-state index in [0.29, 0.717) is 18.3 Å². The summed E-state index contributed by atoms with van der Waals surface area (Å²) in [6.07, 6.45) is 2.01. The maximum atomic E-state index is 11.4. The van der Waals surface area contributed by atoms with Crippen LogP contribution in [0.3, 0.4) is 0 Å². The highest BCUT2D eigenvalue weighted by Gasteiger charge is 2.39. The molecule has 0 bridgehead atoms. The lowest BCUT2D eigenvalue weighted by Crippen LogP contribution is -2.35. The third-order valence-electron chi connectivity index (χ3n) is 3.98. The van der Waals surface area contributed by atoms with Crippen molar-refractivity contribution < 1.29 is 19.2 Å². The second kappa shape index (κ2) is 5.28. The van der Waals surface area contributed by atoms with E-state index in [0.717, 1.165) is 12.8 Å². The summed E-state index contributed by atoms with van der Waals surface area (Å²) in [4.78, 5) is 15.7. The molecular weight excluding hydrogens is 248 g/mol. The lowest BCUT2D eigenvalue weighted by molar-refractivity contribution is -0.150. The van der Waals surface area contributed by atoms with Crippen LogP contribution in [0.1, 0.15) is 51.4 Å². The normalized spacial score (nSPS) is 22.6. The van der Waals surface area contributed by atoms with E-state index in [1.54, 1.807) is 6.92 Å². The highest BCUT2D eigenvalue weighted by atomic mass is 16.5. The summed E-state index contributed by atoms with van der Waals surface area (Å²) in [7, 11) is 0. The van der Waals surface area contributed by atoms with E-state index >= 15 is 0 Å². The lowest BCUT2D eigenvalue weighted by atomic mass is 9.76. The van der Waals surface area contributed by atoms with Gasteiger partial charge in [-0.15, -0.1) is 0 Å². The zero-order valence-electron chi connectivity index (χ0n) is 11.5. The largest absolute Gasteiger partial charge is 0.481 e. The number of carboxylic acids is 1. The average Bonchev–Trinajstić information content (AvgIpc) is 2.97. The van der Waals surface area contributed by atoms with Gasteiger partial charge in [0.15, 0.2) is 0 Å². The van der Waals surface area contributed by atoms with Crippen LogP contribution < -0.4 is 0 Å². The van der Waals surface area contributed by atoms with Crippen LogP contribution >= 0.6 is 0 Å². The van der Waals surface area contributed by atoms with E-state index in [1.807, 2.05) is 13.8 Å². The summed E-state index contributed by atoms with van der Waals surface area (Å²) >= 11 is 0. The Balaban J connectivity index is 2.12. The molecule has 1 aromatic heterocycles. The minimum Gasteiger partial charge on any atom is -0.481 e. The number of aromatic nitrogens is 2. The molecule has 1 fully saturated rings. The van der Waals surface area contributed by atoms with Gasteiger partial charge in [0.25, 0.3) is 0 Å². The molecule has 1 aromatic rings. The first-order valence-corrected chi connectivity index (χ1v) is 6.61. The minimum absolute atomic E-state index is 0.0249. The van der Waals surface area contributed by atoms with Crippen molar-refractivity contribution in [3.63, 3.8) is 0 Å². The van der Waals surface area contributed by atoms with E-state index in [9.17, 15) is 9.90 Å². The number of hydrogen-bond acceptors (Lipinski definition) is 5. The Kier molecular flexibility index (Phi) is 3.89. The topological polar surface area (TPSA) is 85.5 Å². The molecule has 0 aromatic carbocycles. The predicted octanol–water partition coefficient (Wildman–Crippen LogP) is 2.21. The highest BCUT2D eigenvalue weighted by molar-refractivity contribution is 5.74. The molecule has 1 aliphatic rings. The van der Waals surface area contributed by atoms with Gasteiger partial charge < -0.3 is 14.4 Å². The van der Waals surface area contributed by atoms with Gasteiger partial charge in [-0.2, -0.15) is 4.98 Å². The molecule has 1 N–H and O–H groups in total. The molecule has 0 saturated carbocycles. The van der Waals surface area contributed by atoms with Crippen LogP contribution in [-0.2, 0) is 16.0 Å². The van der Waals surface area contributed by atoms with Gasteiger partial charge in [0.2, 0.25) is 11.7 Å². The second-order valence-corrected chi connectivity index (χ2v) is 5.60. The molecule has 0 amide bonds. The molecule has 1 saturated heterocycles. The summed E-state index contributed by atoms with van der Waals surface area (Å²) in [6, 6.07) is 0. The van der Waals surface area contributed by atoms with Crippen molar-refractivity contribution >= 4 is 5.97 Å². The van der Waals surface area contributed by atoms with E-state index in [2.05, 4.69) is 10.1 Å². The number of hydrogen-bond donors (Lipinski definition) is 1. The Bertz CT molecular complexity index is 451. The molecule has 19 heavy (non-hydrogen) atoms. The first-order chi connectivity index (χ1) is 8.93. The lowest BCUT2D eigenvalue weighted by Gasteiger charge is -2.27. The summed E-state index contributed by atoms with van der Waals surface area (Å²) in [6.45, 7) is 6.18. The highest BCUT2D eigenvalue weighted by Crippen LogP contribution is 2.32. The van der Waals surface area contributed by atoms with Gasteiger partial charge in [0, 0.05) is 13.0 Å². The van der Waals surface area contributed by atoms with Gasteiger partial charge in [-0.1, -0.05) is 19.0 Å². The fourth-order valence-corrected chi connectivity index (χ4v) is 2.09.